The first-order valence-electron chi connectivity index (χ1n) is 5.87. The van der Waals surface area contributed by atoms with Gasteiger partial charge in [-0.1, -0.05) is 0 Å². The molecule has 2 amide bonds. The van der Waals surface area contributed by atoms with Gasteiger partial charge in [-0.3, -0.25) is 9.59 Å². The van der Waals surface area contributed by atoms with Gasteiger partial charge in [0.2, 0.25) is 11.8 Å². The van der Waals surface area contributed by atoms with Gasteiger partial charge in [0.25, 0.3) is 0 Å². The van der Waals surface area contributed by atoms with Crippen LogP contribution in [0.3, 0.4) is 0 Å². The average Bonchev–Trinajstić information content (AvgIpc) is 2.95. The van der Waals surface area contributed by atoms with E-state index in [0.717, 1.165) is 13.0 Å². The quantitative estimate of drug-likeness (QED) is 0.805. The summed E-state index contributed by atoms with van der Waals surface area (Å²) in [5.41, 5.74) is 1.26. The Labute approximate surface area is 104 Å². The third-order valence-electron chi connectivity index (χ3n) is 3.41. The van der Waals surface area contributed by atoms with Crippen molar-refractivity contribution in [3.8, 4) is 0 Å². The van der Waals surface area contributed by atoms with Crippen LogP contribution in [0.5, 0.6) is 0 Å². The Balaban J connectivity index is 1.70. The third kappa shape index (κ3) is 1.95. The molecule has 1 unspecified atom stereocenters. The van der Waals surface area contributed by atoms with E-state index in [0.29, 0.717) is 19.4 Å². The molecule has 1 N–H and O–H groups in total. The molecule has 0 aromatic carbocycles. The molecule has 1 aromatic heterocycles. The van der Waals surface area contributed by atoms with Crippen LogP contribution < -0.4 is 5.32 Å². The van der Waals surface area contributed by atoms with Crippen molar-refractivity contribution in [3.05, 3.63) is 21.9 Å². The lowest BCUT2D eigenvalue weighted by Gasteiger charge is -2.29. The molecule has 0 bridgehead atoms. The molecule has 1 fully saturated rings. The smallest absolute Gasteiger partial charge is 0.245 e. The highest BCUT2D eigenvalue weighted by molar-refractivity contribution is 7.10. The largest absolute Gasteiger partial charge is 0.344 e. The Morgan fingerprint density at radius 2 is 2.35 bits per heavy atom. The van der Waals surface area contributed by atoms with Crippen LogP contribution in [0.1, 0.15) is 23.3 Å². The second-order valence-electron chi connectivity index (χ2n) is 4.54. The maximum atomic E-state index is 12.2. The summed E-state index contributed by atoms with van der Waals surface area (Å²) in [5, 5.41) is 4.82. The molecule has 3 heterocycles. The Morgan fingerprint density at radius 3 is 3.12 bits per heavy atom. The molecule has 1 aromatic rings. The summed E-state index contributed by atoms with van der Waals surface area (Å²) in [4.78, 5) is 26.6. The average molecular weight is 250 g/mol. The molecule has 2 aliphatic rings. The maximum Gasteiger partial charge on any atom is 0.245 e. The number of nitrogens with zero attached hydrogens (tertiary/aromatic N) is 1. The van der Waals surface area contributed by atoms with Crippen molar-refractivity contribution in [1.29, 1.82) is 0 Å². The monoisotopic (exact) mass is 250 g/mol. The fraction of sp³-hybridized carbons (Fsp3) is 0.500. The number of nitrogens with one attached hydrogen (secondary N) is 1. The molecule has 5 heteroatoms. The van der Waals surface area contributed by atoms with E-state index in [1.54, 1.807) is 11.3 Å². The van der Waals surface area contributed by atoms with E-state index in [1.165, 1.54) is 10.4 Å². The zero-order chi connectivity index (χ0) is 11.8. The van der Waals surface area contributed by atoms with Crippen LogP contribution in [0.4, 0.5) is 0 Å². The summed E-state index contributed by atoms with van der Waals surface area (Å²) in [7, 11) is 0. The molecular weight excluding hydrogens is 236 g/mol. The van der Waals surface area contributed by atoms with E-state index in [4.69, 9.17) is 0 Å². The van der Waals surface area contributed by atoms with Crippen molar-refractivity contribution in [1.82, 2.24) is 10.2 Å². The second kappa shape index (κ2) is 4.14. The van der Waals surface area contributed by atoms with Crippen LogP contribution in [0.25, 0.3) is 0 Å². The maximum absolute atomic E-state index is 12.2. The van der Waals surface area contributed by atoms with Crippen LogP contribution >= 0.6 is 11.3 Å². The van der Waals surface area contributed by atoms with Gasteiger partial charge in [-0.05, 0) is 29.9 Å². The zero-order valence-corrected chi connectivity index (χ0v) is 10.3. The van der Waals surface area contributed by atoms with Gasteiger partial charge >= 0.3 is 0 Å². The molecule has 17 heavy (non-hydrogen) atoms. The van der Waals surface area contributed by atoms with Crippen molar-refractivity contribution >= 4 is 23.2 Å². The highest BCUT2D eigenvalue weighted by Gasteiger charge is 2.32. The van der Waals surface area contributed by atoms with Gasteiger partial charge < -0.3 is 10.2 Å². The zero-order valence-electron chi connectivity index (χ0n) is 9.44. The number of hydrogen-bond acceptors (Lipinski definition) is 3. The molecule has 1 saturated heterocycles. The van der Waals surface area contributed by atoms with Crippen molar-refractivity contribution in [3.63, 3.8) is 0 Å². The molecule has 90 valence electrons. The number of carbonyl (C=O) groups excluding carboxylic acids is 2. The molecule has 0 saturated carbocycles. The Hall–Kier alpha value is -1.36. The highest BCUT2D eigenvalue weighted by Crippen LogP contribution is 2.25. The topological polar surface area (TPSA) is 49.4 Å². The SMILES string of the molecule is O=C1CCC(C(=O)N2CCc3sccc3C2)N1. The highest BCUT2D eigenvalue weighted by atomic mass is 32.1. The van der Waals surface area contributed by atoms with Crippen molar-refractivity contribution in [2.24, 2.45) is 0 Å². The standard InChI is InChI=1S/C12H14N2O2S/c15-11-2-1-9(13-11)12(16)14-5-3-10-8(7-14)4-6-17-10/h4,6,9H,1-3,5,7H2,(H,13,15). The number of fused-ring (bicyclic) bond motifs is 1. The summed E-state index contributed by atoms with van der Waals surface area (Å²) in [6, 6.07) is 1.80. The van der Waals surface area contributed by atoms with Crippen molar-refractivity contribution in [2.75, 3.05) is 6.54 Å². The minimum absolute atomic E-state index is 0.00316. The van der Waals surface area contributed by atoms with Crippen molar-refractivity contribution in [2.45, 2.75) is 31.8 Å². The number of carbonyl (C=O) groups is 2. The van der Waals surface area contributed by atoms with E-state index in [2.05, 4.69) is 16.8 Å². The molecule has 0 radical (unpaired) electrons. The minimum Gasteiger partial charge on any atom is -0.344 e. The predicted octanol–water partition coefficient (Wildman–Crippen LogP) is 0.911. The summed E-state index contributed by atoms with van der Waals surface area (Å²) in [5.74, 6) is 0.0734. The molecule has 4 nitrogen and oxygen atoms in total. The number of thiophene rings is 1. The van der Waals surface area contributed by atoms with E-state index < -0.39 is 0 Å². The Bertz CT molecular complexity index is 469. The molecule has 1 atom stereocenters. The number of rotatable bonds is 1. The second-order valence-corrected chi connectivity index (χ2v) is 5.54. The Kier molecular flexibility index (Phi) is 2.63. The van der Waals surface area contributed by atoms with Gasteiger partial charge in [-0.25, -0.2) is 0 Å². The van der Waals surface area contributed by atoms with Crippen LogP contribution in [-0.2, 0) is 22.6 Å². The van der Waals surface area contributed by atoms with Crippen LogP contribution in [-0.4, -0.2) is 29.3 Å². The molecule has 3 rings (SSSR count). The lowest BCUT2D eigenvalue weighted by molar-refractivity contribution is -0.135. The molecule has 2 aliphatic heterocycles. The third-order valence-corrected chi connectivity index (χ3v) is 4.44. The normalized spacial score (nSPS) is 23.4. The van der Waals surface area contributed by atoms with Crippen molar-refractivity contribution < 1.29 is 9.59 Å². The van der Waals surface area contributed by atoms with E-state index in [9.17, 15) is 9.59 Å². The number of amides is 2. The predicted molar refractivity (Wildman–Crippen MR) is 64.6 cm³/mol. The van der Waals surface area contributed by atoms with E-state index >= 15 is 0 Å². The lowest BCUT2D eigenvalue weighted by Crippen LogP contribution is -2.46. The van der Waals surface area contributed by atoms with E-state index in [1.807, 2.05) is 4.90 Å². The van der Waals surface area contributed by atoms with Gasteiger partial charge in [0.1, 0.15) is 6.04 Å². The number of hydrogen-bond donors (Lipinski definition) is 1. The fourth-order valence-corrected chi connectivity index (χ4v) is 3.35. The van der Waals surface area contributed by atoms with Crippen LogP contribution in [0.15, 0.2) is 11.4 Å². The van der Waals surface area contributed by atoms with Gasteiger partial charge in [-0.15, -0.1) is 11.3 Å². The summed E-state index contributed by atoms with van der Waals surface area (Å²) >= 11 is 1.76. The first kappa shape index (κ1) is 10.8. The first-order valence-corrected chi connectivity index (χ1v) is 6.75. The van der Waals surface area contributed by atoms with Crippen LogP contribution in [0, 0.1) is 0 Å². The summed E-state index contributed by atoms with van der Waals surface area (Å²) in [6.07, 6.45) is 2.07. The first-order chi connectivity index (χ1) is 8.24. The molecule has 0 spiro atoms. The summed E-state index contributed by atoms with van der Waals surface area (Å²) in [6.45, 7) is 1.47. The molecule has 0 aliphatic carbocycles. The Morgan fingerprint density at radius 1 is 1.47 bits per heavy atom. The minimum atomic E-state index is -0.289. The van der Waals surface area contributed by atoms with Gasteiger partial charge in [0.15, 0.2) is 0 Å². The van der Waals surface area contributed by atoms with Gasteiger partial charge in [0, 0.05) is 24.4 Å². The van der Waals surface area contributed by atoms with Gasteiger partial charge in [0.05, 0.1) is 0 Å². The van der Waals surface area contributed by atoms with Gasteiger partial charge in [-0.2, -0.15) is 0 Å². The van der Waals surface area contributed by atoms with Crippen LogP contribution in [0.2, 0.25) is 0 Å². The lowest BCUT2D eigenvalue weighted by atomic mass is 10.1. The summed E-state index contributed by atoms with van der Waals surface area (Å²) < 4.78 is 0. The fourth-order valence-electron chi connectivity index (χ4n) is 2.46. The molecular formula is C12H14N2O2S. The van der Waals surface area contributed by atoms with E-state index in [-0.39, 0.29) is 17.9 Å².